The number of nitrogens with one attached hydrogen (secondary N) is 2. The van der Waals surface area contributed by atoms with Gasteiger partial charge in [0.05, 0.1) is 30.3 Å². The first kappa shape index (κ1) is 21.6. The second-order valence-corrected chi connectivity index (χ2v) is 6.32. The third-order valence-corrected chi connectivity index (χ3v) is 4.20. The minimum absolute atomic E-state index is 0.114. The van der Waals surface area contributed by atoms with Crippen LogP contribution in [-0.4, -0.2) is 38.1 Å². The van der Waals surface area contributed by atoms with Crippen molar-refractivity contribution in [2.75, 3.05) is 26.3 Å². The van der Waals surface area contributed by atoms with E-state index in [0.717, 1.165) is 5.56 Å². The van der Waals surface area contributed by atoms with Crippen LogP contribution in [0, 0.1) is 0 Å². The fourth-order valence-corrected chi connectivity index (χ4v) is 2.78. The molecule has 0 aliphatic rings. The van der Waals surface area contributed by atoms with Gasteiger partial charge in [0.1, 0.15) is 0 Å². The molecule has 0 radical (unpaired) electrons. The topological polar surface area (TPSA) is 76.7 Å². The summed E-state index contributed by atoms with van der Waals surface area (Å²) in [5.41, 5.74) is 1.36. The zero-order valence-electron chi connectivity index (χ0n) is 16.1. The SMILES string of the molecule is CCOc1ccc(CCNC(=O)CNC(=O)c2ccccc2Cl)cc1OCC. The zero-order chi connectivity index (χ0) is 20.4. The van der Waals surface area contributed by atoms with E-state index < -0.39 is 0 Å². The maximum Gasteiger partial charge on any atom is 0.253 e. The van der Waals surface area contributed by atoms with Crippen molar-refractivity contribution >= 4 is 23.4 Å². The fraction of sp³-hybridized carbons (Fsp3) is 0.333. The maximum atomic E-state index is 12.0. The molecule has 7 heteroatoms. The van der Waals surface area contributed by atoms with E-state index in [9.17, 15) is 9.59 Å². The van der Waals surface area contributed by atoms with E-state index in [2.05, 4.69) is 10.6 Å². The normalized spacial score (nSPS) is 10.2. The van der Waals surface area contributed by atoms with E-state index in [-0.39, 0.29) is 18.4 Å². The molecule has 0 aliphatic heterocycles. The molecule has 0 spiro atoms. The number of benzene rings is 2. The molecule has 150 valence electrons. The van der Waals surface area contributed by atoms with Crippen molar-refractivity contribution in [2.45, 2.75) is 20.3 Å². The molecule has 0 atom stereocenters. The van der Waals surface area contributed by atoms with E-state index in [4.69, 9.17) is 21.1 Å². The highest BCUT2D eigenvalue weighted by molar-refractivity contribution is 6.33. The predicted molar refractivity (Wildman–Crippen MR) is 109 cm³/mol. The summed E-state index contributed by atoms with van der Waals surface area (Å²) in [4.78, 5) is 24.0. The van der Waals surface area contributed by atoms with E-state index in [1.807, 2.05) is 32.0 Å². The van der Waals surface area contributed by atoms with E-state index in [1.165, 1.54) is 0 Å². The Morgan fingerprint density at radius 1 is 0.964 bits per heavy atom. The minimum Gasteiger partial charge on any atom is -0.490 e. The smallest absolute Gasteiger partial charge is 0.253 e. The number of rotatable bonds is 10. The average Bonchev–Trinajstić information content (AvgIpc) is 2.69. The first-order valence-electron chi connectivity index (χ1n) is 9.23. The Hall–Kier alpha value is -2.73. The van der Waals surface area contributed by atoms with Gasteiger partial charge in [0.25, 0.3) is 5.91 Å². The highest BCUT2D eigenvalue weighted by Gasteiger charge is 2.11. The van der Waals surface area contributed by atoms with Crippen molar-refractivity contribution in [1.82, 2.24) is 10.6 Å². The first-order valence-corrected chi connectivity index (χ1v) is 9.60. The number of carbonyl (C=O) groups excluding carboxylic acids is 2. The van der Waals surface area contributed by atoms with Crippen molar-refractivity contribution in [2.24, 2.45) is 0 Å². The molecule has 0 aromatic heterocycles. The molecular weight excluding hydrogens is 380 g/mol. The molecule has 0 fully saturated rings. The lowest BCUT2D eigenvalue weighted by molar-refractivity contribution is -0.120. The molecule has 6 nitrogen and oxygen atoms in total. The van der Waals surface area contributed by atoms with Gasteiger partial charge in [0.15, 0.2) is 11.5 Å². The van der Waals surface area contributed by atoms with Gasteiger partial charge in [-0.25, -0.2) is 0 Å². The number of hydrogen-bond donors (Lipinski definition) is 2. The number of amides is 2. The van der Waals surface area contributed by atoms with Crippen molar-refractivity contribution in [3.8, 4) is 11.5 Å². The highest BCUT2D eigenvalue weighted by atomic mass is 35.5. The Morgan fingerprint density at radius 3 is 2.39 bits per heavy atom. The quantitative estimate of drug-likeness (QED) is 0.637. The van der Waals surface area contributed by atoms with Gasteiger partial charge < -0.3 is 20.1 Å². The molecule has 0 bridgehead atoms. The van der Waals surface area contributed by atoms with Gasteiger partial charge in [-0.05, 0) is 50.1 Å². The minimum atomic E-state index is -0.381. The second-order valence-electron chi connectivity index (χ2n) is 5.91. The van der Waals surface area contributed by atoms with Gasteiger partial charge >= 0.3 is 0 Å². The fourth-order valence-electron chi connectivity index (χ4n) is 2.56. The summed E-state index contributed by atoms with van der Waals surface area (Å²) in [6, 6.07) is 12.4. The van der Waals surface area contributed by atoms with Gasteiger partial charge in [-0.3, -0.25) is 9.59 Å². The summed E-state index contributed by atoms with van der Waals surface area (Å²) in [7, 11) is 0. The van der Waals surface area contributed by atoms with Crippen molar-refractivity contribution < 1.29 is 19.1 Å². The number of carbonyl (C=O) groups is 2. The molecule has 0 unspecified atom stereocenters. The molecule has 2 aromatic rings. The lowest BCUT2D eigenvalue weighted by atomic mass is 10.1. The lowest BCUT2D eigenvalue weighted by Crippen LogP contribution is -2.37. The number of halogens is 1. The molecule has 28 heavy (non-hydrogen) atoms. The Labute approximate surface area is 170 Å². The second kappa shape index (κ2) is 11.2. The standard InChI is InChI=1S/C21H25ClN2O4/c1-3-27-18-10-9-15(13-19(18)28-4-2)11-12-23-20(25)14-24-21(26)16-7-5-6-8-17(16)22/h5-10,13H,3-4,11-12,14H2,1-2H3,(H,23,25)(H,24,26). The third-order valence-electron chi connectivity index (χ3n) is 3.87. The summed E-state index contributed by atoms with van der Waals surface area (Å²) >= 11 is 5.97. The van der Waals surface area contributed by atoms with Crippen LogP contribution < -0.4 is 20.1 Å². The predicted octanol–water partition coefficient (Wildman–Crippen LogP) is 3.23. The summed E-state index contributed by atoms with van der Waals surface area (Å²) in [6.45, 7) is 5.28. The highest BCUT2D eigenvalue weighted by Crippen LogP contribution is 2.28. The lowest BCUT2D eigenvalue weighted by Gasteiger charge is -2.13. The van der Waals surface area contributed by atoms with Gasteiger partial charge in [-0.1, -0.05) is 29.8 Å². The molecule has 2 N–H and O–H groups in total. The van der Waals surface area contributed by atoms with Crippen LogP contribution in [0.25, 0.3) is 0 Å². The summed E-state index contributed by atoms with van der Waals surface area (Å²) < 4.78 is 11.1. The number of hydrogen-bond acceptors (Lipinski definition) is 4. The van der Waals surface area contributed by atoms with Crippen LogP contribution in [0.15, 0.2) is 42.5 Å². The number of ether oxygens (including phenoxy) is 2. The molecule has 0 saturated heterocycles. The van der Waals surface area contributed by atoms with E-state index in [0.29, 0.717) is 48.3 Å². The molecule has 2 amide bonds. The van der Waals surface area contributed by atoms with E-state index in [1.54, 1.807) is 24.3 Å². The molecule has 0 heterocycles. The van der Waals surface area contributed by atoms with Crippen molar-refractivity contribution in [1.29, 1.82) is 0 Å². The van der Waals surface area contributed by atoms with Gasteiger partial charge in [-0.2, -0.15) is 0 Å². The summed E-state index contributed by atoms with van der Waals surface area (Å²) in [6.07, 6.45) is 0.636. The van der Waals surface area contributed by atoms with E-state index >= 15 is 0 Å². The van der Waals surface area contributed by atoms with Gasteiger partial charge in [-0.15, -0.1) is 0 Å². The monoisotopic (exact) mass is 404 g/mol. The van der Waals surface area contributed by atoms with Crippen molar-refractivity contribution in [3.05, 3.63) is 58.6 Å². The Balaban J connectivity index is 1.79. The van der Waals surface area contributed by atoms with Crippen LogP contribution in [0.5, 0.6) is 11.5 Å². The maximum absolute atomic E-state index is 12.0. The van der Waals surface area contributed by atoms with Gasteiger partial charge in [0, 0.05) is 6.54 Å². The molecular formula is C21H25ClN2O4. The van der Waals surface area contributed by atoms with Crippen LogP contribution in [0.1, 0.15) is 29.8 Å². The molecule has 2 rings (SSSR count). The molecule has 0 aliphatic carbocycles. The zero-order valence-corrected chi connectivity index (χ0v) is 16.8. The Kier molecular flexibility index (Phi) is 8.62. The average molecular weight is 405 g/mol. The molecule has 0 saturated carbocycles. The van der Waals surface area contributed by atoms with Crippen LogP contribution in [0.4, 0.5) is 0 Å². The van der Waals surface area contributed by atoms with Crippen LogP contribution >= 0.6 is 11.6 Å². The van der Waals surface area contributed by atoms with Crippen LogP contribution in [0.2, 0.25) is 5.02 Å². The first-order chi connectivity index (χ1) is 13.5. The van der Waals surface area contributed by atoms with Crippen LogP contribution in [-0.2, 0) is 11.2 Å². The third kappa shape index (κ3) is 6.46. The largest absolute Gasteiger partial charge is 0.490 e. The Bertz CT molecular complexity index is 811. The van der Waals surface area contributed by atoms with Crippen LogP contribution in [0.3, 0.4) is 0 Å². The Morgan fingerprint density at radius 2 is 1.68 bits per heavy atom. The summed E-state index contributed by atoms with van der Waals surface area (Å²) in [5, 5.41) is 5.70. The summed E-state index contributed by atoms with van der Waals surface area (Å²) in [5.74, 6) is 0.754. The molecule has 2 aromatic carbocycles. The van der Waals surface area contributed by atoms with Gasteiger partial charge in [0.2, 0.25) is 5.91 Å². The van der Waals surface area contributed by atoms with Crippen molar-refractivity contribution in [3.63, 3.8) is 0 Å².